The number of aryl methyl sites for hydroxylation is 1. The van der Waals surface area contributed by atoms with Crippen LogP contribution < -0.4 is 10.6 Å². The molecule has 126 valence electrons. The lowest BCUT2D eigenvalue weighted by Crippen LogP contribution is -2.52. The molecule has 1 aliphatic rings. The predicted octanol–water partition coefficient (Wildman–Crippen LogP) is 2.70. The van der Waals surface area contributed by atoms with Crippen LogP contribution in [-0.2, 0) is 0 Å². The fourth-order valence-electron chi connectivity index (χ4n) is 2.67. The molecule has 1 saturated heterocycles. The van der Waals surface area contributed by atoms with Gasteiger partial charge in [-0.15, -0.1) is 0 Å². The minimum Gasteiger partial charge on any atom is -0.338 e. The summed E-state index contributed by atoms with van der Waals surface area (Å²) < 4.78 is 0. The molecule has 3 amide bonds. The maximum atomic E-state index is 12.5. The van der Waals surface area contributed by atoms with Crippen LogP contribution in [0.15, 0.2) is 24.3 Å². The Kier molecular flexibility index (Phi) is 5.29. The molecule has 0 unspecified atom stereocenters. The summed E-state index contributed by atoms with van der Waals surface area (Å²) in [6.07, 6.45) is 1.57. The number of carbonyl (C=O) groups excluding carboxylic acids is 2. The van der Waals surface area contributed by atoms with Crippen LogP contribution in [0.2, 0.25) is 0 Å². The predicted molar refractivity (Wildman–Crippen MR) is 91.5 cm³/mol. The molecule has 5 heteroatoms. The Morgan fingerprint density at radius 1 is 1.09 bits per heavy atom. The topological polar surface area (TPSA) is 61.4 Å². The van der Waals surface area contributed by atoms with Crippen LogP contribution in [-0.4, -0.2) is 41.5 Å². The molecule has 0 radical (unpaired) electrons. The van der Waals surface area contributed by atoms with Gasteiger partial charge in [-0.2, -0.15) is 0 Å². The SMILES string of the molecule is Cc1ccc(C(=O)N2CCC(NC(=O)NC(C)(C)C)CC2)cc1. The zero-order chi connectivity index (χ0) is 17.0. The monoisotopic (exact) mass is 317 g/mol. The molecule has 1 heterocycles. The molecule has 1 aromatic rings. The van der Waals surface area contributed by atoms with Gasteiger partial charge in [-0.05, 0) is 52.7 Å². The van der Waals surface area contributed by atoms with E-state index in [0.29, 0.717) is 13.1 Å². The molecule has 0 atom stereocenters. The molecule has 0 bridgehead atoms. The molecule has 2 N–H and O–H groups in total. The third-order valence-corrected chi connectivity index (χ3v) is 3.90. The van der Waals surface area contributed by atoms with Crippen LogP contribution in [0.4, 0.5) is 4.79 Å². The number of rotatable bonds is 2. The van der Waals surface area contributed by atoms with Crippen molar-refractivity contribution in [3.8, 4) is 0 Å². The number of likely N-dealkylation sites (tertiary alicyclic amines) is 1. The van der Waals surface area contributed by atoms with E-state index in [2.05, 4.69) is 10.6 Å². The molecular weight excluding hydrogens is 290 g/mol. The summed E-state index contributed by atoms with van der Waals surface area (Å²) in [5.41, 5.74) is 1.63. The lowest BCUT2D eigenvalue weighted by atomic mass is 10.0. The van der Waals surface area contributed by atoms with Gasteiger partial charge in [0.25, 0.3) is 5.91 Å². The van der Waals surface area contributed by atoms with Crippen molar-refractivity contribution in [1.29, 1.82) is 0 Å². The zero-order valence-electron chi connectivity index (χ0n) is 14.5. The molecule has 0 aliphatic carbocycles. The summed E-state index contributed by atoms with van der Waals surface area (Å²) in [5, 5.41) is 5.90. The largest absolute Gasteiger partial charge is 0.338 e. The van der Waals surface area contributed by atoms with Gasteiger partial charge in [-0.1, -0.05) is 17.7 Å². The van der Waals surface area contributed by atoms with Crippen molar-refractivity contribution in [2.45, 2.75) is 52.1 Å². The highest BCUT2D eigenvalue weighted by molar-refractivity contribution is 5.94. The Hall–Kier alpha value is -2.04. The number of nitrogens with zero attached hydrogens (tertiary/aromatic N) is 1. The van der Waals surface area contributed by atoms with E-state index in [1.807, 2.05) is 56.9 Å². The van der Waals surface area contributed by atoms with Gasteiger partial charge in [0.15, 0.2) is 0 Å². The summed E-state index contributed by atoms with van der Waals surface area (Å²) in [5.74, 6) is 0.0718. The van der Waals surface area contributed by atoms with Crippen molar-refractivity contribution in [3.05, 3.63) is 35.4 Å². The van der Waals surface area contributed by atoms with Gasteiger partial charge in [0, 0.05) is 30.2 Å². The second-order valence-electron chi connectivity index (χ2n) is 7.28. The van der Waals surface area contributed by atoms with E-state index in [1.54, 1.807) is 0 Å². The number of piperidine rings is 1. The van der Waals surface area contributed by atoms with Crippen LogP contribution in [0.3, 0.4) is 0 Å². The quantitative estimate of drug-likeness (QED) is 0.881. The van der Waals surface area contributed by atoms with Gasteiger partial charge in [0.2, 0.25) is 0 Å². The summed E-state index contributed by atoms with van der Waals surface area (Å²) in [7, 11) is 0. The first-order valence-electron chi connectivity index (χ1n) is 8.19. The Morgan fingerprint density at radius 3 is 2.17 bits per heavy atom. The Balaban J connectivity index is 1.83. The van der Waals surface area contributed by atoms with Crippen molar-refractivity contribution >= 4 is 11.9 Å². The van der Waals surface area contributed by atoms with Crippen molar-refractivity contribution < 1.29 is 9.59 Å². The van der Waals surface area contributed by atoms with Crippen molar-refractivity contribution in [1.82, 2.24) is 15.5 Å². The smallest absolute Gasteiger partial charge is 0.315 e. The Bertz CT molecular complexity index is 553. The average molecular weight is 317 g/mol. The number of nitrogens with one attached hydrogen (secondary N) is 2. The Labute approximate surface area is 138 Å². The number of hydrogen-bond acceptors (Lipinski definition) is 2. The number of urea groups is 1. The fourth-order valence-corrected chi connectivity index (χ4v) is 2.67. The second kappa shape index (κ2) is 7.02. The summed E-state index contributed by atoms with van der Waals surface area (Å²) in [4.78, 5) is 26.2. The molecule has 5 nitrogen and oxygen atoms in total. The maximum Gasteiger partial charge on any atom is 0.315 e. The van der Waals surface area contributed by atoms with Gasteiger partial charge in [-0.3, -0.25) is 4.79 Å². The van der Waals surface area contributed by atoms with E-state index in [1.165, 1.54) is 0 Å². The van der Waals surface area contributed by atoms with Crippen LogP contribution in [0.25, 0.3) is 0 Å². The first-order valence-corrected chi connectivity index (χ1v) is 8.19. The van der Waals surface area contributed by atoms with Crippen LogP contribution in [0.5, 0.6) is 0 Å². The molecule has 0 saturated carbocycles. The highest BCUT2D eigenvalue weighted by Gasteiger charge is 2.25. The summed E-state index contributed by atoms with van der Waals surface area (Å²) in [6, 6.07) is 7.65. The highest BCUT2D eigenvalue weighted by Crippen LogP contribution is 2.14. The molecule has 1 aliphatic heterocycles. The third kappa shape index (κ3) is 5.27. The van der Waals surface area contributed by atoms with Crippen LogP contribution in [0.1, 0.15) is 49.5 Å². The number of benzene rings is 1. The van der Waals surface area contributed by atoms with E-state index >= 15 is 0 Å². The van der Waals surface area contributed by atoms with Gasteiger partial charge < -0.3 is 15.5 Å². The molecule has 0 aromatic heterocycles. The first-order chi connectivity index (χ1) is 10.7. The molecular formula is C18H27N3O2. The van der Waals surface area contributed by atoms with Crippen molar-refractivity contribution in [2.24, 2.45) is 0 Å². The molecule has 0 spiro atoms. The third-order valence-electron chi connectivity index (χ3n) is 3.90. The maximum absolute atomic E-state index is 12.5. The standard InChI is InChI=1S/C18H27N3O2/c1-13-5-7-14(8-6-13)16(22)21-11-9-15(10-12-21)19-17(23)20-18(2,3)4/h5-8,15H,9-12H2,1-4H3,(H2,19,20,23). The fraction of sp³-hybridized carbons (Fsp3) is 0.556. The van der Waals surface area contributed by atoms with E-state index in [-0.39, 0.29) is 23.5 Å². The second-order valence-corrected chi connectivity index (χ2v) is 7.28. The lowest BCUT2D eigenvalue weighted by molar-refractivity contribution is 0.0708. The van der Waals surface area contributed by atoms with E-state index in [4.69, 9.17) is 0 Å². The van der Waals surface area contributed by atoms with Gasteiger partial charge in [-0.25, -0.2) is 4.79 Å². The van der Waals surface area contributed by atoms with Crippen molar-refractivity contribution in [2.75, 3.05) is 13.1 Å². The van der Waals surface area contributed by atoms with Crippen LogP contribution in [0, 0.1) is 6.92 Å². The lowest BCUT2D eigenvalue weighted by Gasteiger charge is -2.33. The van der Waals surface area contributed by atoms with Gasteiger partial charge in [0.1, 0.15) is 0 Å². The molecule has 23 heavy (non-hydrogen) atoms. The first kappa shape index (κ1) is 17.3. The minimum absolute atomic E-state index is 0.0718. The zero-order valence-corrected chi connectivity index (χ0v) is 14.5. The number of hydrogen-bond donors (Lipinski definition) is 2. The average Bonchev–Trinajstić information content (AvgIpc) is 2.46. The number of carbonyl (C=O) groups is 2. The Morgan fingerprint density at radius 2 is 1.65 bits per heavy atom. The highest BCUT2D eigenvalue weighted by atomic mass is 16.2. The summed E-state index contributed by atoms with van der Waals surface area (Å²) >= 11 is 0. The van der Waals surface area contributed by atoms with Gasteiger partial charge in [0.05, 0.1) is 0 Å². The van der Waals surface area contributed by atoms with Crippen molar-refractivity contribution in [3.63, 3.8) is 0 Å². The minimum atomic E-state index is -0.244. The van der Waals surface area contributed by atoms with E-state index in [0.717, 1.165) is 24.0 Å². The van der Waals surface area contributed by atoms with E-state index in [9.17, 15) is 9.59 Å². The number of amides is 3. The normalized spacial score (nSPS) is 16.1. The molecule has 1 aromatic carbocycles. The van der Waals surface area contributed by atoms with Crippen LogP contribution >= 0.6 is 0 Å². The van der Waals surface area contributed by atoms with Gasteiger partial charge >= 0.3 is 6.03 Å². The molecule has 1 fully saturated rings. The summed E-state index contributed by atoms with van der Waals surface area (Å²) in [6.45, 7) is 9.22. The molecule has 2 rings (SSSR count). The van der Waals surface area contributed by atoms with E-state index < -0.39 is 0 Å².